The Kier molecular flexibility index (Phi) is 13.7. The summed E-state index contributed by atoms with van der Waals surface area (Å²) in [6.45, 7) is 13.7. The third-order valence-corrected chi connectivity index (χ3v) is 15.1. The van der Waals surface area contributed by atoms with E-state index < -0.39 is 17.3 Å². The van der Waals surface area contributed by atoms with Gasteiger partial charge in [0, 0.05) is 68.7 Å². The van der Waals surface area contributed by atoms with Crippen molar-refractivity contribution < 1.29 is 33.2 Å². The Hall–Kier alpha value is -5.42. The first-order valence-corrected chi connectivity index (χ1v) is 24.4. The van der Waals surface area contributed by atoms with Crippen molar-refractivity contribution in [1.29, 1.82) is 0 Å². The highest BCUT2D eigenvalue weighted by Gasteiger charge is 2.44. The van der Waals surface area contributed by atoms with Gasteiger partial charge in [-0.3, -0.25) is 9.52 Å². The summed E-state index contributed by atoms with van der Waals surface area (Å²) in [7, 11) is 1.58. The number of aliphatic hydroxyl groups is 1. The van der Waals surface area contributed by atoms with Crippen molar-refractivity contribution in [1.82, 2.24) is 19.6 Å². The minimum absolute atomic E-state index is 0.0224. The number of nitroso groups, excluding NO2 is 1. The molecule has 4 aliphatic rings. The summed E-state index contributed by atoms with van der Waals surface area (Å²) in [6.07, 6.45) is 7.23. The van der Waals surface area contributed by atoms with Crippen molar-refractivity contribution in [2.45, 2.75) is 101 Å². The van der Waals surface area contributed by atoms with Gasteiger partial charge in [-0.25, -0.2) is 4.39 Å². The van der Waals surface area contributed by atoms with Gasteiger partial charge < -0.3 is 44.2 Å². The molecular formula is C51H62FN7O7S. The molecule has 2 atom stereocenters. The molecule has 4 N–H and O–H groups in total. The van der Waals surface area contributed by atoms with E-state index in [4.69, 9.17) is 18.9 Å². The van der Waals surface area contributed by atoms with Crippen molar-refractivity contribution in [3.63, 3.8) is 0 Å². The maximum atomic E-state index is 15.0. The molecule has 2 saturated heterocycles. The lowest BCUT2D eigenvalue weighted by molar-refractivity contribution is -0.0172. The Labute approximate surface area is 395 Å². The Balaban J connectivity index is 0.919. The van der Waals surface area contributed by atoms with Gasteiger partial charge in [0.15, 0.2) is 5.75 Å². The zero-order valence-electron chi connectivity index (χ0n) is 39.0. The molecule has 1 saturated carbocycles. The fraction of sp³-hybridized carbons (Fsp3) is 0.490. The van der Waals surface area contributed by atoms with E-state index in [0.29, 0.717) is 41.7 Å². The van der Waals surface area contributed by atoms with Crippen molar-refractivity contribution in [3.05, 3.63) is 94.3 Å². The number of carbonyl (C=O) groups excluding carboxylic acids is 1. The minimum Gasteiger partial charge on any atom is -0.489 e. The number of likely N-dealkylation sites (tertiary alicyclic amines) is 1. The zero-order chi connectivity index (χ0) is 46.9. The van der Waals surface area contributed by atoms with Gasteiger partial charge >= 0.3 is 0 Å². The molecule has 2 aromatic heterocycles. The molecule has 1 amide bonds. The fourth-order valence-corrected chi connectivity index (χ4v) is 10.8. The molecule has 16 heteroatoms. The summed E-state index contributed by atoms with van der Waals surface area (Å²) in [5, 5.41) is 17.5. The van der Waals surface area contributed by atoms with E-state index in [-0.39, 0.29) is 69.7 Å². The summed E-state index contributed by atoms with van der Waals surface area (Å²) in [5.74, 6) is 0.781. The maximum Gasteiger partial charge on any atom is 0.265 e. The standard InChI is InChI=1S/C51H62FN7O7S/c1-31(2)37-9-7-6-8-33(37)14-19-58-29-51(30-58)17-20-59(21-18-51)35-10-11-38(43(22-35)66-45-25-39-40(52)26-53-47(39)55-49(45)65-27-32(3)63-5)48(60)57-67-36-23-41(56-62)46-44(24-36)64-28-42(54-46)34-12-15-50(4,61)16-13-34/h6-11,22-26,31-32,34,42,54,61H,12-21,27-30H2,1-5H3,(H,53,55)(H,57,60). The van der Waals surface area contributed by atoms with Crippen LogP contribution in [-0.4, -0.2) is 96.7 Å². The van der Waals surface area contributed by atoms with Crippen molar-refractivity contribution in [2.24, 2.45) is 16.5 Å². The third-order valence-electron chi connectivity index (χ3n) is 14.4. The van der Waals surface area contributed by atoms with Crippen LogP contribution in [0.4, 0.5) is 21.5 Å². The van der Waals surface area contributed by atoms with Gasteiger partial charge in [-0.1, -0.05) is 38.1 Å². The van der Waals surface area contributed by atoms with E-state index in [1.165, 1.54) is 23.4 Å². The van der Waals surface area contributed by atoms with Crippen LogP contribution in [0.2, 0.25) is 0 Å². The van der Waals surface area contributed by atoms with Crippen LogP contribution in [0.5, 0.6) is 23.1 Å². The van der Waals surface area contributed by atoms with Crippen LogP contribution in [0.15, 0.2) is 76.9 Å². The lowest BCUT2D eigenvalue weighted by atomic mass is 9.71. The van der Waals surface area contributed by atoms with Gasteiger partial charge in [-0.05, 0) is 129 Å². The predicted octanol–water partition coefficient (Wildman–Crippen LogP) is 10.1. The number of aromatic nitrogens is 2. The van der Waals surface area contributed by atoms with Crippen molar-refractivity contribution in [3.8, 4) is 23.1 Å². The first-order valence-electron chi connectivity index (χ1n) is 23.6. The summed E-state index contributed by atoms with van der Waals surface area (Å²) in [4.78, 5) is 39.3. The van der Waals surface area contributed by atoms with Gasteiger partial charge in [-0.2, -0.15) is 4.98 Å². The van der Waals surface area contributed by atoms with E-state index >= 15 is 4.39 Å². The monoisotopic (exact) mass is 935 g/mol. The first-order chi connectivity index (χ1) is 32.3. The second-order valence-electron chi connectivity index (χ2n) is 19.6. The highest BCUT2D eigenvalue weighted by atomic mass is 32.2. The number of methoxy groups -OCH3 is 1. The topological polar surface area (TPSA) is 163 Å². The van der Waals surface area contributed by atoms with Crippen LogP contribution in [0.1, 0.15) is 93.6 Å². The Morgan fingerprint density at radius 3 is 2.58 bits per heavy atom. The molecule has 356 valence electrons. The summed E-state index contributed by atoms with van der Waals surface area (Å²) >= 11 is 1.03. The van der Waals surface area contributed by atoms with Crippen LogP contribution in [-0.2, 0) is 11.2 Å². The van der Waals surface area contributed by atoms with E-state index in [2.05, 4.69) is 73.1 Å². The average Bonchev–Trinajstić information content (AvgIpc) is 3.68. The molecule has 9 rings (SSSR count). The van der Waals surface area contributed by atoms with Gasteiger partial charge in [0.2, 0.25) is 0 Å². The molecule has 0 radical (unpaired) electrons. The third kappa shape index (κ3) is 10.4. The van der Waals surface area contributed by atoms with E-state index in [0.717, 1.165) is 82.5 Å². The fourth-order valence-electron chi connectivity index (χ4n) is 10.2. The second kappa shape index (κ2) is 19.7. The quantitative estimate of drug-likeness (QED) is 0.0548. The Morgan fingerprint density at radius 1 is 1.06 bits per heavy atom. The SMILES string of the molecule is COC(C)COc1nc2[nH]cc(F)c2cc1Oc1cc(N2CCC3(CC2)CN(CCc2ccccc2C(C)C)C3)ccc1C(=O)NSc1cc(N=O)c2c(c1)OCC(C1CCC(C)(O)CC1)N2. The lowest BCUT2D eigenvalue weighted by Crippen LogP contribution is -2.60. The number of carbonyl (C=O) groups is 1. The molecule has 1 spiro atoms. The molecule has 3 aliphatic heterocycles. The van der Waals surface area contributed by atoms with Crippen LogP contribution in [0.3, 0.4) is 0 Å². The number of hydrogen-bond donors (Lipinski definition) is 4. The number of ether oxygens (including phenoxy) is 4. The molecule has 5 heterocycles. The Morgan fingerprint density at radius 2 is 1.84 bits per heavy atom. The molecule has 5 aromatic rings. The van der Waals surface area contributed by atoms with Crippen LogP contribution in [0, 0.1) is 22.1 Å². The molecule has 2 unspecified atom stereocenters. The molecule has 67 heavy (non-hydrogen) atoms. The number of piperidine rings is 1. The normalized spacial score (nSPS) is 21.8. The number of rotatable bonds is 16. The highest BCUT2D eigenvalue weighted by Crippen LogP contribution is 2.46. The van der Waals surface area contributed by atoms with Crippen LogP contribution >= 0.6 is 11.9 Å². The van der Waals surface area contributed by atoms with E-state index in [1.807, 2.05) is 26.0 Å². The van der Waals surface area contributed by atoms with Crippen LogP contribution in [0.25, 0.3) is 11.0 Å². The van der Waals surface area contributed by atoms with Crippen molar-refractivity contribution >= 4 is 46.0 Å². The number of anilines is 2. The number of nitrogens with one attached hydrogen (secondary N) is 3. The molecule has 0 bridgehead atoms. The number of pyridine rings is 1. The summed E-state index contributed by atoms with van der Waals surface area (Å²) < 4.78 is 42.2. The highest BCUT2D eigenvalue weighted by molar-refractivity contribution is 7.98. The largest absolute Gasteiger partial charge is 0.489 e. The molecule has 1 aliphatic carbocycles. The van der Waals surface area contributed by atoms with Gasteiger partial charge in [-0.15, -0.1) is 4.91 Å². The summed E-state index contributed by atoms with van der Waals surface area (Å²) in [6, 6.07) is 19.2. The number of hydrogen-bond acceptors (Lipinski definition) is 13. The van der Waals surface area contributed by atoms with Gasteiger partial charge in [0.25, 0.3) is 11.8 Å². The number of nitrogens with zero attached hydrogens (tertiary/aromatic N) is 4. The van der Waals surface area contributed by atoms with Gasteiger partial charge in [0.05, 0.1) is 28.7 Å². The second-order valence-corrected chi connectivity index (χ2v) is 20.5. The number of halogens is 1. The molecule has 3 fully saturated rings. The number of benzene rings is 3. The average molecular weight is 936 g/mol. The summed E-state index contributed by atoms with van der Waals surface area (Å²) in [5.41, 5.74) is 4.61. The number of amides is 1. The molecule has 3 aromatic carbocycles. The smallest absolute Gasteiger partial charge is 0.265 e. The molecular weight excluding hydrogens is 874 g/mol. The van der Waals surface area contributed by atoms with Crippen LogP contribution < -0.4 is 29.1 Å². The first kappa shape index (κ1) is 46.7. The van der Waals surface area contributed by atoms with Crippen molar-refractivity contribution in [2.75, 3.05) is 63.3 Å². The Bertz CT molecular complexity index is 2580. The lowest BCUT2D eigenvalue weighted by Gasteiger charge is -2.54. The number of H-pyrrole nitrogens is 1. The van der Waals surface area contributed by atoms with E-state index in [1.54, 1.807) is 25.3 Å². The number of fused-ring (bicyclic) bond motifs is 2. The molecule has 14 nitrogen and oxygen atoms in total. The van der Waals surface area contributed by atoms with E-state index in [9.17, 15) is 14.8 Å². The minimum atomic E-state index is -0.656. The number of aromatic amines is 1. The van der Waals surface area contributed by atoms with Gasteiger partial charge in [0.1, 0.15) is 47.6 Å². The zero-order valence-corrected chi connectivity index (χ0v) is 39.8. The maximum absolute atomic E-state index is 15.0. The predicted molar refractivity (Wildman–Crippen MR) is 260 cm³/mol.